The van der Waals surface area contributed by atoms with Crippen LogP contribution in [0.15, 0.2) is 35.5 Å². The maximum Gasteiger partial charge on any atom is 0.230 e. The van der Waals surface area contributed by atoms with E-state index in [4.69, 9.17) is 0 Å². The Hall–Kier alpha value is -1.86. The highest BCUT2D eigenvalue weighted by molar-refractivity contribution is 7.99. The van der Waals surface area contributed by atoms with E-state index in [9.17, 15) is 4.79 Å². The Labute approximate surface area is 173 Å². The SMILES string of the molecule is CC[C@@H](c1nnc(SCC(=O)N[C@H](C)C(C)C)n1Cc1ccccc1)[NH+](C)C. The predicted octanol–water partition coefficient (Wildman–Crippen LogP) is 2.17. The van der Waals surface area contributed by atoms with Crippen LogP contribution in [0.2, 0.25) is 0 Å². The number of quaternary nitrogens is 1. The van der Waals surface area contributed by atoms with Crippen molar-refractivity contribution in [3.8, 4) is 0 Å². The first-order chi connectivity index (χ1) is 13.3. The molecule has 0 saturated heterocycles. The van der Waals surface area contributed by atoms with Crippen molar-refractivity contribution in [3.63, 3.8) is 0 Å². The molecule has 0 spiro atoms. The molecule has 1 heterocycles. The number of hydrogen-bond donors (Lipinski definition) is 2. The van der Waals surface area contributed by atoms with Crippen LogP contribution in [0.25, 0.3) is 0 Å². The van der Waals surface area contributed by atoms with Gasteiger partial charge in [0.1, 0.15) is 6.04 Å². The molecular formula is C21H34N5OS+. The highest BCUT2D eigenvalue weighted by atomic mass is 32.2. The number of thioether (sulfide) groups is 1. The first-order valence-electron chi connectivity index (χ1n) is 10.0. The molecule has 0 bridgehead atoms. The summed E-state index contributed by atoms with van der Waals surface area (Å²) >= 11 is 1.46. The Morgan fingerprint density at radius 2 is 1.86 bits per heavy atom. The van der Waals surface area contributed by atoms with E-state index in [1.54, 1.807) is 0 Å². The molecule has 0 aliphatic heterocycles. The van der Waals surface area contributed by atoms with Gasteiger partial charge in [0.25, 0.3) is 0 Å². The van der Waals surface area contributed by atoms with Crippen molar-refractivity contribution >= 4 is 17.7 Å². The number of rotatable bonds is 10. The van der Waals surface area contributed by atoms with Crippen molar-refractivity contribution < 1.29 is 9.69 Å². The van der Waals surface area contributed by atoms with E-state index < -0.39 is 0 Å². The van der Waals surface area contributed by atoms with Gasteiger partial charge < -0.3 is 10.2 Å². The third-order valence-electron chi connectivity index (χ3n) is 5.07. The fourth-order valence-electron chi connectivity index (χ4n) is 3.02. The minimum atomic E-state index is 0.0345. The van der Waals surface area contributed by atoms with Crippen LogP contribution in [0.4, 0.5) is 0 Å². The van der Waals surface area contributed by atoms with E-state index in [0.717, 1.165) is 17.4 Å². The van der Waals surface area contributed by atoms with Crippen LogP contribution in [0.5, 0.6) is 0 Å². The van der Waals surface area contributed by atoms with Gasteiger partial charge in [-0.15, -0.1) is 10.2 Å². The molecule has 1 aromatic carbocycles. The number of carbonyl (C=O) groups is 1. The molecule has 28 heavy (non-hydrogen) atoms. The van der Waals surface area contributed by atoms with E-state index in [1.165, 1.54) is 22.2 Å². The molecule has 154 valence electrons. The van der Waals surface area contributed by atoms with Crippen molar-refractivity contribution in [2.45, 2.75) is 57.9 Å². The number of amides is 1. The second-order valence-electron chi connectivity index (χ2n) is 7.84. The van der Waals surface area contributed by atoms with Gasteiger partial charge in [-0.3, -0.25) is 9.36 Å². The Morgan fingerprint density at radius 3 is 2.43 bits per heavy atom. The quantitative estimate of drug-likeness (QED) is 0.596. The normalized spacial score (nSPS) is 13.7. The van der Waals surface area contributed by atoms with Gasteiger partial charge in [-0.1, -0.05) is 62.9 Å². The highest BCUT2D eigenvalue weighted by Gasteiger charge is 2.25. The molecule has 0 unspecified atom stereocenters. The number of nitrogens with zero attached hydrogens (tertiary/aromatic N) is 3. The molecule has 2 N–H and O–H groups in total. The van der Waals surface area contributed by atoms with Gasteiger partial charge in [0.15, 0.2) is 11.0 Å². The largest absolute Gasteiger partial charge is 0.353 e. The Kier molecular flexibility index (Phi) is 8.51. The Morgan fingerprint density at radius 1 is 1.18 bits per heavy atom. The summed E-state index contributed by atoms with van der Waals surface area (Å²) in [6, 6.07) is 10.7. The average molecular weight is 405 g/mol. The van der Waals surface area contributed by atoms with Gasteiger partial charge in [-0.05, 0) is 18.4 Å². The zero-order valence-electron chi connectivity index (χ0n) is 17.9. The topological polar surface area (TPSA) is 64.2 Å². The monoisotopic (exact) mass is 404 g/mol. The van der Waals surface area contributed by atoms with Crippen LogP contribution in [0.3, 0.4) is 0 Å². The van der Waals surface area contributed by atoms with E-state index in [-0.39, 0.29) is 18.0 Å². The van der Waals surface area contributed by atoms with Crippen molar-refractivity contribution in [2.75, 3.05) is 19.8 Å². The minimum absolute atomic E-state index is 0.0345. The molecule has 2 atom stereocenters. The molecule has 0 saturated carbocycles. The minimum Gasteiger partial charge on any atom is -0.353 e. The molecule has 1 aromatic heterocycles. The second-order valence-corrected chi connectivity index (χ2v) is 8.78. The van der Waals surface area contributed by atoms with Crippen LogP contribution >= 0.6 is 11.8 Å². The van der Waals surface area contributed by atoms with E-state index in [0.29, 0.717) is 18.2 Å². The van der Waals surface area contributed by atoms with Gasteiger partial charge in [-0.25, -0.2) is 0 Å². The van der Waals surface area contributed by atoms with Crippen molar-refractivity contribution in [2.24, 2.45) is 5.92 Å². The standard InChI is InChI=1S/C21H33N5OS/c1-7-18(25(5)6)20-23-24-21(26(20)13-17-11-9-8-10-12-17)28-14-19(27)22-16(4)15(2)3/h8-12,15-16,18H,7,13-14H2,1-6H3,(H,22,27)/p+1/t16-,18+/m1/s1. The maximum atomic E-state index is 12.3. The Balaban J connectivity index is 2.21. The van der Waals surface area contributed by atoms with Crippen molar-refractivity contribution in [3.05, 3.63) is 41.7 Å². The summed E-state index contributed by atoms with van der Waals surface area (Å²) < 4.78 is 2.17. The van der Waals surface area contributed by atoms with Gasteiger partial charge >= 0.3 is 0 Å². The number of carbonyl (C=O) groups excluding carboxylic acids is 1. The van der Waals surface area contributed by atoms with Crippen molar-refractivity contribution in [1.29, 1.82) is 0 Å². The molecule has 0 aliphatic rings. The lowest BCUT2D eigenvalue weighted by Crippen LogP contribution is -3.06. The summed E-state index contributed by atoms with van der Waals surface area (Å²) in [6.45, 7) is 9.13. The summed E-state index contributed by atoms with van der Waals surface area (Å²) in [4.78, 5) is 13.6. The lowest BCUT2D eigenvalue weighted by molar-refractivity contribution is -0.893. The number of aromatic nitrogens is 3. The summed E-state index contributed by atoms with van der Waals surface area (Å²) in [6.07, 6.45) is 0.978. The number of nitrogens with one attached hydrogen (secondary N) is 2. The average Bonchev–Trinajstić information content (AvgIpc) is 3.03. The number of hydrogen-bond acceptors (Lipinski definition) is 4. The molecule has 0 fully saturated rings. The van der Waals surface area contributed by atoms with Gasteiger partial charge in [-0.2, -0.15) is 0 Å². The van der Waals surface area contributed by atoms with Gasteiger partial charge in [0, 0.05) is 12.5 Å². The van der Waals surface area contributed by atoms with Crippen LogP contribution in [0, 0.1) is 5.92 Å². The molecule has 0 aliphatic carbocycles. The fourth-order valence-corrected chi connectivity index (χ4v) is 3.78. The third kappa shape index (κ3) is 6.07. The van der Waals surface area contributed by atoms with E-state index in [2.05, 4.69) is 67.1 Å². The molecule has 0 radical (unpaired) electrons. The van der Waals surface area contributed by atoms with Crippen LogP contribution < -0.4 is 10.2 Å². The van der Waals surface area contributed by atoms with Crippen LogP contribution in [-0.2, 0) is 11.3 Å². The maximum absolute atomic E-state index is 12.3. The Bertz CT molecular complexity index is 745. The van der Waals surface area contributed by atoms with Crippen LogP contribution in [-0.4, -0.2) is 46.6 Å². The zero-order valence-corrected chi connectivity index (χ0v) is 18.7. The smallest absolute Gasteiger partial charge is 0.230 e. The fraction of sp³-hybridized carbons (Fsp3) is 0.571. The molecule has 2 rings (SSSR count). The van der Waals surface area contributed by atoms with E-state index >= 15 is 0 Å². The first-order valence-corrected chi connectivity index (χ1v) is 11.0. The molecule has 2 aromatic rings. The van der Waals surface area contributed by atoms with Crippen molar-refractivity contribution in [1.82, 2.24) is 20.1 Å². The van der Waals surface area contributed by atoms with E-state index in [1.807, 2.05) is 25.1 Å². The van der Waals surface area contributed by atoms with Crippen LogP contribution in [0.1, 0.15) is 51.5 Å². The summed E-state index contributed by atoms with van der Waals surface area (Å²) in [5, 5.41) is 12.8. The molecule has 7 heteroatoms. The first kappa shape index (κ1) is 22.4. The second kappa shape index (κ2) is 10.6. The van der Waals surface area contributed by atoms with Gasteiger partial charge in [0.2, 0.25) is 5.91 Å². The highest BCUT2D eigenvalue weighted by Crippen LogP contribution is 2.22. The molecule has 1 amide bonds. The van der Waals surface area contributed by atoms with Gasteiger partial charge in [0.05, 0.1) is 26.4 Å². The lowest BCUT2D eigenvalue weighted by Gasteiger charge is -2.20. The summed E-state index contributed by atoms with van der Waals surface area (Å²) in [7, 11) is 4.28. The number of benzene rings is 1. The summed E-state index contributed by atoms with van der Waals surface area (Å²) in [5.41, 5.74) is 1.20. The molecular weight excluding hydrogens is 370 g/mol. The molecule has 6 nitrogen and oxygen atoms in total. The lowest BCUT2D eigenvalue weighted by atomic mass is 10.1. The summed E-state index contributed by atoms with van der Waals surface area (Å²) in [5.74, 6) is 1.77. The third-order valence-corrected chi connectivity index (χ3v) is 6.03. The predicted molar refractivity (Wildman–Crippen MR) is 115 cm³/mol. The zero-order chi connectivity index (χ0) is 20.7.